The fourth-order valence-electron chi connectivity index (χ4n) is 2.66. The largest absolute Gasteiger partial charge is 0.398 e. The summed E-state index contributed by atoms with van der Waals surface area (Å²) in [6.45, 7) is 6.22. The van der Waals surface area contributed by atoms with Crippen LogP contribution in [0.2, 0.25) is 0 Å². The van der Waals surface area contributed by atoms with Crippen molar-refractivity contribution in [2.75, 3.05) is 32.5 Å². The van der Waals surface area contributed by atoms with Crippen molar-refractivity contribution < 1.29 is 9.53 Å². The smallest absolute Gasteiger partial charge is 0.254 e. The predicted molar refractivity (Wildman–Crippen MR) is 76.2 cm³/mol. The molecule has 0 spiro atoms. The zero-order valence-corrected chi connectivity index (χ0v) is 11.9. The highest BCUT2D eigenvalue weighted by atomic mass is 16.5. The quantitative estimate of drug-likeness (QED) is 0.848. The summed E-state index contributed by atoms with van der Waals surface area (Å²) in [6, 6.07) is 3.78. The molecule has 1 aromatic rings. The predicted octanol–water partition coefficient (Wildman–Crippen LogP) is 1.99. The molecule has 1 amide bonds. The van der Waals surface area contributed by atoms with Gasteiger partial charge in [0, 0.05) is 37.4 Å². The van der Waals surface area contributed by atoms with Gasteiger partial charge in [0.1, 0.15) is 0 Å². The van der Waals surface area contributed by atoms with Crippen molar-refractivity contribution in [2.45, 2.75) is 20.3 Å². The van der Waals surface area contributed by atoms with Crippen molar-refractivity contribution in [1.29, 1.82) is 0 Å². The summed E-state index contributed by atoms with van der Waals surface area (Å²) in [5.41, 5.74) is 9.33. The maximum atomic E-state index is 12.5. The lowest BCUT2D eigenvalue weighted by Crippen LogP contribution is -2.30. The van der Waals surface area contributed by atoms with Gasteiger partial charge in [0.25, 0.3) is 5.91 Å². The van der Waals surface area contributed by atoms with Gasteiger partial charge < -0.3 is 15.4 Å². The Kier molecular flexibility index (Phi) is 4.10. The van der Waals surface area contributed by atoms with Gasteiger partial charge in [-0.2, -0.15) is 0 Å². The van der Waals surface area contributed by atoms with E-state index in [2.05, 4.69) is 0 Å². The van der Waals surface area contributed by atoms with Crippen LogP contribution >= 0.6 is 0 Å². The first-order chi connectivity index (χ1) is 9.02. The van der Waals surface area contributed by atoms with E-state index in [-0.39, 0.29) is 5.91 Å². The Hall–Kier alpha value is -1.55. The molecule has 1 unspecified atom stereocenters. The number of rotatable bonds is 3. The van der Waals surface area contributed by atoms with E-state index in [1.54, 1.807) is 13.2 Å². The van der Waals surface area contributed by atoms with Crippen LogP contribution in [0.15, 0.2) is 12.1 Å². The molecular formula is C15H22N2O2. The van der Waals surface area contributed by atoms with E-state index in [4.69, 9.17) is 10.5 Å². The lowest BCUT2D eigenvalue weighted by molar-refractivity contribution is 0.0775. The van der Waals surface area contributed by atoms with Gasteiger partial charge in [0.05, 0.1) is 6.61 Å². The van der Waals surface area contributed by atoms with Gasteiger partial charge >= 0.3 is 0 Å². The average molecular weight is 262 g/mol. The molecule has 1 heterocycles. The van der Waals surface area contributed by atoms with Gasteiger partial charge in [-0.3, -0.25) is 4.79 Å². The van der Waals surface area contributed by atoms with E-state index < -0.39 is 0 Å². The van der Waals surface area contributed by atoms with Gasteiger partial charge in [0.2, 0.25) is 0 Å². The Bertz CT molecular complexity index is 485. The third kappa shape index (κ3) is 2.89. The molecule has 1 aliphatic heterocycles. The number of methoxy groups -OCH3 is 1. The number of amides is 1. The number of likely N-dealkylation sites (tertiary alicyclic amines) is 1. The average Bonchev–Trinajstić information content (AvgIpc) is 2.82. The molecule has 0 radical (unpaired) electrons. The molecule has 2 rings (SSSR count). The topological polar surface area (TPSA) is 55.6 Å². The summed E-state index contributed by atoms with van der Waals surface area (Å²) >= 11 is 0. The van der Waals surface area contributed by atoms with Crippen molar-refractivity contribution in [3.05, 3.63) is 28.8 Å². The number of hydrogen-bond acceptors (Lipinski definition) is 3. The molecule has 2 N–H and O–H groups in total. The molecule has 0 saturated carbocycles. The first kappa shape index (κ1) is 13.9. The van der Waals surface area contributed by atoms with Crippen molar-refractivity contribution in [1.82, 2.24) is 4.90 Å². The maximum Gasteiger partial charge on any atom is 0.254 e. The summed E-state index contributed by atoms with van der Waals surface area (Å²) in [4.78, 5) is 14.4. The maximum absolute atomic E-state index is 12.5. The van der Waals surface area contributed by atoms with Crippen LogP contribution < -0.4 is 5.73 Å². The third-order valence-corrected chi connectivity index (χ3v) is 3.82. The molecule has 4 nitrogen and oxygen atoms in total. The Morgan fingerprint density at radius 1 is 1.42 bits per heavy atom. The summed E-state index contributed by atoms with van der Waals surface area (Å²) in [7, 11) is 1.70. The summed E-state index contributed by atoms with van der Waals surface area (Å²) in [5.74, 6) is 0.542. The molecule has 4 heteroatoms. The molecule has 0 bridgehead atoms. The van der Waals surface area contributed by atoms with E-state index in [0.717, 1.165) is 42.8 Å². The van der Waals surface area contributed by atoms with Crippen LogP contribution in [0.25, 0.3) is 0 Å². The summed E-state index contributed by atoms with van der Waals surface area (Å²) in [6.07, 6.45) is 1.01. The SMILES string of the molecule is COCC1CCN(C(=O)c2cc(N)c(C)cc2C)C1. The van der Waals surface area contributed by atoms with Crippen LogP contribution in [0.5, 0.6) is 0 Å². The number of nitrogens with two attached hydrogens (primary N) is 1. The van der Waals surface area contributed by atoms with Gasteiger partial charge in [-0.1, -0.05) is 6.07 Å². The van der Waals surface area contributed by atoms with E-state index in [1.807, 2.05) is 24.8 Å². The first-order valence-electron chi connectivity index (χ1n) is 6.68. The van der Waals surface area contributed by atoms with Crippen LogP contribution in [-0.2, 0) is 4.74 Å². The van der Waals surface area contributed by atoms with Crippen LogP contribution in [-0.4, -0.2) is 37.6 Å². The highest BCUT2D eigenvalue weighted by molar-refractivity contribution is 5.97. The number of carbonyl (C=O) groups excluding carboxylic acids is 1. The van der Waals surface area contributed by atoms with Crippen LogP contribution in [0.1, 0.15) is 27.9 Å². The zero-order valence-electron chi connectivity index (χ0n) is 11.9. The number of benzene rings is 1. The molecular weight excluding hydrogens is 240 g/mol. The zero-order chi connectivity index (χ0) is 14.0. The lowest BCUT2D eigenvalue weighted by Gasteiger charge is -2.18. The van der Waals surface area contributed by atoms with E-state index in [1.165, 1.54) is 0 Å². The highest BCUT2D eigenvalue weighted by Gasteiger charge is 2.27. The number of anilines is 1. The monoisotopic (exact) mass is 262 g/mol. The van der Waals surface area contributed by atoms with Gasteiger partial charge in [0.15, 0.2) is 0 Å². The second-order valence-electron chi connectivity index (χ2n) is 5.38. The van der Waals surface area contributed by atoms with Gasteiger partial charge in [-0.25, -0.2) is 0 Å². The Balaban J connectivity index is 2.15. The molecule has 0 aromatic heterocycles. The number of nitrogens with zero attached hydrogens (tertiary/aromatic N) is 1. The fraction of sp³-hybridized carbons (Fsp3) is 0.533. The van der Waals surface area contributed by atoms with E-state index in [0.29, 0.717) is 11.6 Å². The molecule has 1 aliphatic rings. The number of aryl methyl sites for hydroxylation is 2. The van der Waals surface area contributed by atoms with E-state index in [9.17, 15) is 4.79 Å². The van der Waals surface area contributed by atoms with Crippen molar-refractivity contribution in [3.8, 4) is 0 Å². The standard InChI is InChI=1S/C15H22N2O2/c1-10-6-11(2)14(16)7-13(10)15(18)17-5-4-12(8-17)9-19-3/h6-7,12H,4-5,8-9,16H2,1-3H3. The Morgan fingerprint density at radius 2 is 2.16 bits per heavy atom. The molecule has 104 valence electrons. The molecule has 0 aliphatic carbocycles. The third-order valence-electron chi connectivity index (χ3n) is 3.82. The van der Waals surface area contributed by atoms with Crippen molar-refractivity contribution in [2.24, 2.45) is 5.92 Å². The molecule has 1 fully saturated rings. The van der Waals surface area contributed by atoms with Crippen LogP contribution in [0, 0.1) is 19.8 Å². The molecule has 1 saturated heterocycles. The number of hydrogen-bond donors (Lipinski definition) is 1. The number of nitrogen functional groups attached to an aromatic ring is 1. The fourth-order valence-corrected chi connectivity index (χ4v) is 2.66. The van der Waals surface area contributed by atoms with Crippen LogP contribution in [0.4, 0.5) is 5.69 Å². The number of ether oxygens (including phenoxy) is 1. The van der Waals surface area contributed by atoms with Gasteiger partial charge in [-0.15, -0.1) is 0 Å². The first-order valence-corrected chi connectivity index (χ1v) is 6.68. The normalized spacial score (nSPS) is 18.9. The second kappa shape index (κ2) is 5.61. The minimum absolute atomic E-state index is 0.0859. The Morgan fingerprint density at radius 3 is 2.84 bits per heavy atom. The summed E-state index contributed by atoms with van der Waals surface area (Å²) in [5, 5.41) is 0. The van der Waals surface area contributed by atoms with Crippen LogP contribution in [0.3, 0.4) is 0 Å². The van der Waals surface area contributed by atoms with Crippen molar-refractivity contribution >= 4 is 11.6 Å². The second-order valence-corrected chi connectivity index (χ2v) is 5.38. The minimum atomic E-state index is 0.0859. The molecule has 1 atom stereocenters. The highest BCUT2D eigenvalue weighted by Crippen LogP contribution is 2.23. The van der Waals surface area contributed by atoms with Crippen molar-refractivity contribution in [3.63, 3.8) is 0 Å². The summed E-state index contributed by atoms with van der Waals surface area (Å²) < 4.78 is 5.16. The Labute approximate surface area is 114 Å². The minimum Gasteiger partial charge on any atom is -0.398 e. The lowest BCUT2D eigenvalue weighted by atomic mass is 10.0. The molecule has 1 aromatic carbocycles. The van der Waals surface area contributed by atoms with Gasteiger partial charge in [-0.05, 0) is 37.5 Å². The molecule has 19 heavy (non-hydrogen) atoms. The van der Waals surface area contributed by atoms with E-state index >= 15 is 0 Å². The number of carbonyl (C=O) groups is 1.